The predicted octanol–water partition coefficient (Wildman–Crippen LogP) is 1.87. The van der Waals surface area contributed by atoms with Crippen molar-refractivity contribution in [2.45, 2.75) is 6.92 Å². The number of anilines is 1. The van der Waals surface area contributed by atoms with E-state index in [1.807, 2.05) is 13.0 Å². The van der Waals surface area contributed by atoms with Crippen LogP contribution in [0.25, 0.3) is 0 Å². The first-order valence-corrected chi connectivity index (χ1v) is 5.92. The Morgan fingerprint density at radius 2 is 2.00 bits per heavy atom. The van der Waals surface area contributed by atoms with Gasteiger partial charge >= 0.3 is 0 Å². The molecule has 0 unspecified atom stereocenters. The van der Waals surface area contributed by atoms with Crippen LogP contribution in [-0.2, 0) is 0 Å². The van der Waals surface area contributed by atoms with Gasteiger partial charge in [0.15, 0.2) is 0 Å². The topological polar surface area (TPSA) is 35.5 Å². The van der Waals surface area contributed by atoms with Gasteiger partial charge in [-0.25, -0.2) is 0 Å². The van der Waals surface area contributed by atoms with E-state index in [2.05, 4.69) is 32.2 Å². The van der Waals surface area contributed by atoms with Crippen molar-refractivity contribution in [3.05, 3.63) is 22.2 Å². The molecule has 1 aliphatic heterocycles. The van der Waals surface area contributed by atoms with Crippen molar-refractivity contribution in [2.24, 2.45) is 0 Å². The van der Waals surface area contributed by atoms with Crippen LogP contribution in [0.4, 0.5) is 5.69 Å². The van der Waals surface area contributed by atoms with E-state index in [0.717, 1.165) is 41.9 Å². The second-order valence-electron chi connectivity index (χ2n) is 3.83. The van der Waals surface area contributed by atoms with Crippen LogP contribution in [0.3, 0.4) is 0 Å². The average Bonchev–Trinajstić information content (AvgIpc) is 2.26. The summed E-state index contributed by atoms with van der Waals surface area (Å²) in [6.45, 7) is 6.02. The Hall–Kier alpha value is -0.740. The third-order valence-electron chi connectivity index (χ3n) is 2.70. The van der Waals surface area contributed by atoms with Crippen LogP contribution < -0.4 is 10.2 Å². The fourth-order valence-corrected chi connectivity index (χ4v) is 2.07. The fourth-order valence-electron chi connectivity index (χ4n) is 1.84. The Balaban J connectivity index is 2.27. The molecule has 0 radical (unpaired) electrons. The molecule has 1 aromatic rings. The summed E-state index contributed by atoms with van der Waals surface area (Å²) >= 11 is 3.36. The first-order chi connectivity index (χ1) is 7.18. The molecule has 15 heavy (non-hydrogen) atoms. The van der Waals surface area contributed by atoms with Crippen molar-refractivity contribution in [3.8, 4) is 5.75 Å². The van der Waals surface area contributed by atoms with E-state index in [0.29, 0.717) is 5.75 Å². The summed E-state index contributed by atoms with van der Waals surface area (Å²) in [5.74, 6) is 0.323. The number of phenols is 1. The van der Waals surface area contributed by atoms with Gasteiger partial charge in [0, 0.05) is 37.9 Å². The van der Waals surface area contributed by atoms with Crippen LogP contribution in [0.2, 0.25) is 0 Å². The van der Waals surface area contributed by atoms with Crippen LogP contribution in [0.15, 0.2) is 16.6 Å². The van der Waals surface area contributed by atoms with E-state index in [9.17, 15) is 5.11 Å². The number of hydrogen-bond donors (Lipinski definition) is 2. The molecular weight excluding hydrogens is 256 g/mol. The number of nitrogens with one attached hydrogen (secondary N) is 1. The van der Waals surface area contributed by atoms with Crippen LogP contribution in [0.5, 0.6) is 5.75 Å². The van der Waals surface area contributed by atoms with Gasteiger partial charge in [0.25, 0.3) is 0 Å². The monoisotopic (exact) mass is 270 g/mol. The molecular formula is C11H15BrN2O. The lowest BCUT2D eigenvalue weighted by Crippen LogP contribution is -2.43. The molecule has 3 nitrogen and oxygen atoms in total. The molecule has 0 aliphatic carbocycles. The van der Waals surface area contributed by atoms with Gasteiger partial charge in [-0.3, -0.25) is 0 Å². The maximum Gasteiger partial charge on any atom is 0.132 e. The Labute approximate surface area is 98.2 Å². The van der Waals surface area contributed by atoms with Crippen molar-refractivity contribution in [3.63, 3.8) is 0 Å². The van der Waals surface area contributed by atoms with Gasteiger partial charge in [-0.2, -0.15) is 0 Å². The van der Waals surface area contributed by atoms with Crippen molar-refractivity contribution in [1.29, 1.82) is 0 Å². The fraction of sp³-hybridized carbons (Fsp3) is 0.455. The largest absolute Gasteiger partial charge is 0.507 e. The number of rotatable bonds is 1. The lowest BCUT2D eigenvalue weighted by molar-refractivity contribution is 0.471. The highest BCUT2D eigenvalue weighted by molar-refractivity contribution is 9.10. The number of aryl methyl sites for hydroxylation is 1. The lowest BCUT2D eigenvalue weighted by Gasteiger charge is -2.30. The summed E-state index contributed by atoms with van der Waals surface area (Å²) in [6.07, 6.45) is 0. The predicted molar refractivity (Wildman–Crippen MR) is 65.6 cm³/mol. The maximum atomic E-state index is 9.72. The summed E-state index contributed by atoms with van der Waals surface area (Å²) < 4.78 is 0.793. The minimum Gasteiger partial charge on any atom is -0.507 e. The lowest BCUT2D eigenvalue weighted by atomic mass is 10.2. The van der Waals surface area contributed by atoms with Crippen LogP contribution in [0.1, 0.15) is 5.56 Å². The summed E-state index contributed by atoms with van der Waals surface area (Å²) in [4.78, 5) is 2.29. The Morgan fingerprint density at radius 3 is 2.60 bits per heavy atom. The highest BCUT2D eigenvalue weighted by Gasteiger charge is 2.13. The molecule has 0 saturated carbocycles. The standard InChI is InChI=1S/C11H15BrN2O/c1-8-6-9(7-10(15)11(8)12)14-4-2-13-3-5-14/h6-7,13,15H,2-5H2,1H3. The Bertz CT molecular complexity index is 339. The summed E-state index contributed by atoms with van der Waals surface area (Å²) in [7, 11) is 0. The molecule has 1 aromatic carbocycles. The molecule has 2 N–H and O–H groups in total. The normalized spacial score (nSPS) is 16.8. The van der Waals surface area contributed by atoms with Gasteiger partial charge in [-0.05, 0) is 34.5 Å². The van der Waals surface area contributed by atoms with Gasteiger partial charge in [-0.15, -0.1) is 0 Å². The van der Waals surface area contributed by atoms with Crippen molar-refractivity contribution in [1.82, 2.24) is 5.32 Å². The third kappa shape index (κ3) is 2.26. The van der Waals surface area contributed by atoms with Crippen LogP contribution in [0, 0.1) is 6.92 Å². The molecule has 0 spiro atoms. The maximum absolute atomic E-state index is 9.72. The molecule has 0 amide bonds. The minimum absolute atomic E-state index is 0.323. The minimum atomic E-state index is 0.323. The summed E-state index contributed by atoms with van der Waals surface area (Å²) in [5.41, 5.74) is 2.18. The molecule has 1 aliphatic rings. The molecule has 1 fully saturated rings. The molecule has 1 heterocycles. The van der Waals surface area contributed by atoms with Crippen molar-refractivity contribution < 1.29 is 5.11 Å². The molecule has 4 heteroatoms. The van der Waals surface area contributed by atoms with Crippen molar-refractivity contribution >= 4 is 21.6 Å². The zero-order valence-corrected chi connectivity index (χ0v) is 10.3. The smallest absolute Gasteiger partial charge is 0.132 e. The third-order valence-corrected chi connectivity index (χ3v) is 3.73. The number of aromatic hydroxyl groups is 1. The first kappa shape index (κ1) is 10.8. The van der Waals surface area contributed by atoms with E-state index in [1.165, 1.54) is 0 Å². The van der Waals surface area contributed by atoms with E-state index >= 15 is 0 Å². The number of benzene rings is 1. The molecule has 0 bridgehead atoms. The average molecular weight is 271 g/mol. The van der Waals surface area contributed by atoms with Gasteiger partial charge in [0.05, 0.1) is 4.47 Å². The van der Waals surface area contributed by atoms with E-state index in [1.54, 1.807) is 0 Å². The zero-order valence-electron chi connectivity index (χ0n) is 8.76. The van der Waals surface area contributed by atoms with E-state index < -0.39 is 0 Å². The molecule has 1 saturated heterocycles. The number of phenolic OH excluding ortho intramolecular Hbond substituents is 1. The molecule has 0 aromatic heterocycles. The second kappa shape index (κ2) is 4.41. The number of nitrogens with zero attached hydrogens (tertiary/aromatic N) is 1. The second-order valence-corrected chi connectivity index (χ2v) is 4.63. The first-order valence-electron chi connectivity index (χ1n) is 5.13. The van der Waals surface area contributed by atoms with Gasteiger partial charge < -0.3 is 15.3 Å². The number of hydrogen-bond acceptors (Lipinski definition) is 3. The SMILES string of the molecule is Cc1cc(N2CCNCC2)cc(O)c1Br. The molecule has 0 atom stereocenters. The van der Waals surface area contributed by atoms with Gasteiger partial charge in [0.2, 0.25) is 0 Å². The van der Waals surface area contributed by atoms with Crippen LogP contribution >= 0.6 is 15.9 Å². The molecule has 82 valence electrons. The number of halogens is 1. The van der Waals surface area contributed by atoms with Crippen LogP contribution in [-0.4, -0.2) is 31.3 Å². The van der Waals surface area contributed by atoms with Crippen molar-refractivity contribution in [2.75, 3.05) is 31.1 Å². The van der Waals surface area contributed by atoms with E-state index in [-0.39, 0.29) is 0 Å². The van der Waals surface area contributed by atoms with Gasteiger partial charge in [-0.1, -0.05) is 0 Å². The molecule has 2 rings (SSSR count). The number of piperazine rings is 1. The summed E-state index contributed by atoms with van der Waals surface area (Å²) in [6, 6.07) is 3.93. The zero-order chi connectivity index (χ0) is 10.8. The Morgan fingerprint density at radius 1 is 1.33 bits per heavy atom. The Kier molecular flexibility index (Phi) is 3.17. The summed E-state index contributed by atoms with van der Waals surface area (Å²) in [5, 5.41) is 13.0. The van der Waals surface area contributed by atoms with Gasteiger partial charge in [0.1, 0.15) is 5.75 Å². The quantitative estimate of drug-likeness (QED) is 0.818. The highest BCUT2D eigenvalue weighted by atomic mass is 79.9. The highest BCUT2D eigenvalue weighted by Crippen LogP contribution is 2.32. The van der Waals surface area contributed by atoms with E-state index in [4.69, 9.17) is 0 Å².